The fourth-order valence-electron chi connectivity index (χ4n) is 4.07. The van der Waals surface area contributed by atoms with Gasteiger partial charge >= 0.3 is 11.7 Å². The van der Waals surface area contributed by atoms with Crippen molar-refractivity contribution in [3.8, 4) is 0 Å². The van der Waals surface area contributed by atoms with Crippen LogP contribution in [0.1, 0.15) is 25.7 Å². The number of amides is 4. The average Bonchev–Trinajstić information content (AvgIpc) is 3.05. The summed E-state index contributed by atoms with van der Waals surface area (Å²) in [6, 6.07) is 6.79. The lowest BCUT2D eigenvalue weighted by atomic mass is 9.79. The number of carbonyl (C=O) groups is 3. The molecule has 2 fully saturated rings. The Morgan fingerprint density at radius 3 is 2.48 bits per heavy atom. The Morgan fingerprint density at radius 1 is 1.19 bits per heavy atom. The predicted molar refractivity (Wildman–Crippen MR) is 97.0 cm³/mol. The van der Waals surface area contributed by atoms with Gasteiger partial charge in [-0.05, 0) is 37.8 Å². The van der Waals surface area contributed by atoms with Gasteiger partial charge in [-0.2, -0.15) is 0 Å². The Kier molecular flexibility index (Phi) is 4.01. The second-order valence-electron chi connectivity index (χ2n) is 7.25. The van der Waals surface area contributed by atoms with Crippen LogP contribution in [0.4, 0.5) is 4.79 Å². The molecule has 3 N–H and O–H groups in total. The first-order valence-electron chi connectivity index (χ1n) is 8.97. The number of carbonyl (C=O) groups excluding carboxylic acids is 3. The lowest BCUT2D eigenvalue weighted by molar-refractivity contribution is -0.125. The summed E-state index contributed by atoms with van der Waals surface area (Å²) < 4.78 is 2.98. The third-order valence-corrected chi connectivity index (χ3v) is 5.57. The van der Waals surface area contributed by atoms with Gasteiger partial charge in [-0.1, -0.05) is 12.1 Å². The maximum Gasteiger partial charge on any atom is 0.329 e. The van der Waals surface area contributed by atoms with Crippen molar-refractivity contribution in [3.63, 3.8) is 0 Å². The molecule has 1 saturated carbocycles. The second-order valence-corrected chi connectivity index (χ2v) is 7.25. The molecule has 1 aliphatic carbocycles. The smallest absolute Gasteiger partial charge is 0.329 e. The van der Waals surface area contributed by atoms with E-state index in [2.05, 4.69) is 16.0 Å². The number of hydrogen-bond donors (Lipinski definition) is 3. The molecule has 4 amide bonds. The number of aryl methyl sites for hydroxylation is 1. The van der Waals surface area contributed by atoms with Gasteiger partial charge in [-0.15, -0.1) is 0 Å². The Bertz CT molecular complexity index is 997. The van der Waals surface area contributed by atoms with E-state index < -0.39 is 11.6 Å². The lowest BCUT2D eigenvalue weighted by Gasteiger charge is -2.34. The van der Waals surface area contributed by atoms with Gasteiger partial charge in [0, 0.05) is 13.1 Å². The zero-order chi connectivity index (χ0) is 19.2. The molecule has 2 aromatic rings. The van der Waals surface area contributed by atoms with Crippen LogP contribution in [-0.4, -0.2) is 38.6 Å². The zero-order valence-electron chi connectivity index (χ0n) is 14.9. The molecule has 4 rings (SSSR count). The number of fused-ring (bicyclic) bond motifs is 1. The van der Waals surface area contributed by atoms with Crippen LogP contribution < -0.4 is 21.6 Å². The zero-order valence-corrected chi connectivity index (χ0v) is 14.9. The van der Waals surface area contributed by atoms with Gasteiger partial charge in [0.05, 0.1) is 11.0 Å². The number of nitrogens with one attached hydrogen (secondary N) is 3. The minimum atomic E-state index is -0.842. The number of imide groups is 1. The number of nitrogens with zero attached hydrogens (tertiary/aromatic N) is 2. The summed E-state index contributed by atoms with van der Waals surface area (Å²) in [5.74, 6) is -0.533. The van der Waals surface area contributed by atoms with E-state index in [1.54, 1.807) is 7.05 Å². The highest BCUT2D eigenvalue weighted by Gasteiger charge is 2.48. The highest BCUT2D eigenvalue weighted by atomic mass is 16.2. The molecule has 27 heavy (non-hydrogen) atoms. The van der Waals surface area contributed by atoms with Crippen molar-refractivity contribution in [3.05, 3.63) is 34.7 Å². The summed E-state index contributed by atoms with van der Waals surface area (Å²) in [6.45, 7) is -0.0565. The third-order valence-electron chi connectivity index (χ3n) is 5.57. The number of rotatable bonds is 3. The van der Waals surface area contributed by atoms with E-state index in [0.29, 0.717) is 31.2 Å². The Balaban J connectivity index is 1.42. The Labute approximate surface area is 154 Å². The van der Waals surface area contributed by atoms with Gasteiger partial charge in [-0.25, -0.2) is 9.59 Å². The van der Waals surface area contributed by atoms with Crippen LogP contribution in [0.25, 0.3) is 11.0 Å². The molecule has 9 nitrogen and oxygen atoms in total. The topological polar surface area (TPSA) is 114 Å². The first-order chi connectivity index (χ1) is 12.9. The molecule has 0 atom stereocenters. The van der Waals surface area contributed by atoms with Gasteiger partial charge in [0.15, 0.2) is 0 Å². The largest absolute Gasteiger partial charge is 0.352 e. The fourth-order valence-corrected chi connectivity index (χ4v) is 4.07. The van der Waals surface area contributed by atoms with E-state index in [-0.39, 0.29) is 30.1 Å². The summed E-state index contributed by atoms with van der Waals surface area (Å²) >= 11 is 0. The van der Waals surface area contributed by atoms with Crippen molar-refractivity contribution in [2.75, 3.05) is 0 Å². The van der Waals surface area contributed by atoms with Crippen molar-refractivity contribution < 1.29 is 14.4 Å². The Morgan fingerprint density at radius 2 is 1.85 bits per heavy atom. The van der Waals surface area contributed by atoms with Gasteiger partial charge in [-0.3, -0.25) is 24.0 Å². The molecule has 1 aromatic heterocycles. The maximum atomic E-state index is 12.5. The molecule has 1 aromatic carbocycles. The van der Waals surface area contributed by atoms with Crippen molar-refractivity contribution in [2.45, 2.75) is 43.8 Å². The van der Waals surface area contributed by atoms with E-state index in [1.165, 1.54) is 9.13 Å². The molecular weight excluding hydrogens is 350 g/mol. The van der Waals surface area contributed by atoms with Crippen molar-refractivity contribution >= 4 is 28.9 Å². The normalized spacial score (nSPS) is 24.9. The molecule has 9 heteroatoms. The quantitative estimate of drug-likeness (QED) is 0.658. The first-order valence-corrected chi connectivity index (χ1v) is 8.97. The summed E-state index contributed by atoms with van der Waals surface area (Å²) in [4.78, 5) is 48.3. The fraction of sp³-hybridized carbons (Fsp3) is 0.444. The van der Waals surface area contributed by atoms with Crippen LogP contribution in [0.2, 0.25) is 0 Å². The molecule has 0 radical (unpaired) electrons. The first kappa shape index (κ1) is 17.3. The molecule has 0 bridgehead atoms. The number of imidazole rings is 1. The highest BCUT2D eigenvalue weighted by Crippen LogP contribution is 2.30. The summed E-state index contributed by atoms with van der Waals surface area (Å²) in [7, 11) is 1.68. The average molecular weight is 371 g/mol. The van der Waals surface area contributed by atoms with E-state index in [4.69, 9.17) is 0 Å². The molecular formula is C18H21N5O4. The van der Waals surface area contributed by atoms with Crippen LogP contribution >= 0.6 is 0 Å². The number of hydrogen-bond acceptors (Lipinski definition) is 4. The predicted octanol–water partition coefficient (Wildman–Crippen LogP) is -0.0230. The molecule has 1 saturated heterocycles. The number of para-hydroxylation sites is 2. The van der Waals surface area contributed by atoms with E-state index in [1.807, 2.05) is 24.3 Å². The number of aromatic nitrogens is 2. The second kappa shape index (κ2) is 6.26. The molecule has 1 aliphatic heterocycles. The van der Waals surface area contributed by atoms with E-state index >= 15 is 0 Å². The van der Waals surface area contributed by atoms with Crippen LogP contribution in [0.15, 0.2) is 29.1 Å². The SMILES string of the molecule is Cn1c(=O)n(CC(=O)NC2CCC3(CC2)NC(=O)NC3=O)c2ccccc21. The molecule has 1 spiro atoms. The Hall–Kier alpha value is -3.10. The third kappa shape index (κ3) is 2.88. The molecule has 0 unspecified atom stereocenters. The maximum absolute atomic E-state index is 12.5. The van der Waals surface area contributed by atoms with Gasteiger partial charge in [0.1, 0.15) is 12.1 Å². The number of benzene rings is 1. The molecule has 2 heterocycles. The lowest BCUT2D eigenvalue weighted by Crippen LogP contribution is -2.53. The minimum absolute atomic E-state index is 0.0565. The van der Waals surface area contributed by atoms with Crippen molar-refractivity contribution in [2.24, 2.45) is 7.05 Å². The summed E-state index contributed by atoms with van der Waals surface area (Å²) in [5.41, 5.74) is 0.412. The van der Waals surface area contributed by atoms with E-state index in [0.717, 1.165) is 5.52 Å². The summed E-state index contributed by atoms with van der Waals surface area (Å²) in [5, 5.41) is 7.93. The van der Waals surface area contributed by atoms with Gasteiger partial charge < -0.3 is 10.6 Å². The van der Waals surface area contributed by atoms with Crippen molar-refractivity contribution in [1.29, 1.82) is 0 Å². The standard InChI is InChI=1S/C18H21N5O4/c1-22-12-4-2-3-5-13(12)23(17(22)27)10-14(24)19-11-6-8-18(9-7-11)15(25)20-16(26)21-18/h2-5,11H,6-10H2,1H3,(H,19,24)(H2,20,21,25,26). The number of urea groups is 1. The van der Waals surface area contributed by atoms with Gasteiger partial charge in [0.25, 0.3) is 5.91 Å². The van der Waals surface area contributed by atoms with Crippen LogP contribution in [-0.2, 0) is 23.2 Å². The van der Waals surface area contributed by atoms with Crippen LogP contribution in [0, 0.1) is 0 Å². The molecule has 2 aliphatic rings. The van der Waals surface area contributed by atoms with Crippen molar-refractivity contribution in [1.82, 2.24) is 25.1 Å². The monoisotopic (exact) mass is 371 g/mol. The van der Waals surface area contributed by atoms with E-state index in [9.17, 15) is 19.2 Å². The minimum Gasteiger partial charge on any atom is -0.352 e. The molecule has 142 valence electrons. The highest BCUT2D eigenvalue weighted by molar-refractivity contribution is 6.07. The van der Waals surface area contributed by atoms with Gasteiger partial charge in [0.2, 0.25) is 5.91 Å². The van der Waals surface area contributed by atoms with Crippen LogP contribution in [0.5, 0.6) is 0 Å². The summed E-state index contributed by atoms with van der Waals surface area (Å²) in [6.07, 6.45) is 2.13. The van der Waals surface area contributed by atoms with Crippen LogP contribution in [0.3, 0.4) is 0 Å².